The second-order valence-electron chi connectivity index (χ2n) is 21.6. The van der Waals surface area contributed by atoms with Crippen LogP contribution in [0.3, 0.4) is 0 Å². The van der Waals surface area contributed by atoms with Crippen molar-refractivity contribution in [3.05, 3.63) is 82.4 Å². The third kappa shape index (κ3) is 18.3. The number of hydrogen-bond acceptors (Lipinski definition) is 15. The molecule has 0 saturated carbocycles. The lowest BCUT2D eigenvalue weighted by atomic mass is 9.83. The Labute approximate surface area is 499 Å². The molecule has 462 valence electrons. The zero-order chi connectivity index (χ0) is 62.4. The fourth-order valence-corrected chi connectivity index (χ4v) is 10.3. The normalized spacial score (nSPS) is 24.4. The molecule has 23 nitrogen and oxygen atoms in total. The van der Waals surface area contributed by atoms with E-state index in [0.717, 1.165) is 5.57 Å². The summed E-state index contributed by atoms with van der Waals surface area (Å²) in [7, 11) is 4.23. The number of nitrogens with one attached hydrogen (secondary N) is 6. The molecule has 2 fully saturated rings. The Kier molecular flexibility index (Phi) is 24.5. The first-order valence-corrected chi connectivity index (χ1v) is 28.8. The van der Waals surface area contributed by atoms with Crippen LogP contribution in [-0.2, 0) is 54.1 Å². The maximum Gasteiger partial charge on any atom is 0.412 e. The Morgan fingerprint density at radius 2 is 1.68 bits per heavy atom. The minimum absolute atomic E-state index is 0.0202. The number of nitrogens with zero attached hydrogens (tertiary/aromatic N) is 1. The Morgan fingerprint density at radius 1 is 1.00 bits per heavy atom. The first-order valence-electron chi connectivity index (χ1n) is 27.3. The van der Waals surface area contributed by atoms with Gasteiger partial charge in [-0.1, -0.05) is 78.7 Å². The van der Waals surface area contributed by atoms with E-state index in [1.165, 1.54) is 26.2 Å². The molecule has 5 rings (SSSR count). The molecule has 2 aromatic rings. The van der Waals surface area contributed by atoms with Crippen molar-refractivity contribution < 1.29 is 80.7 Å². The second kappa shape index (κ2) is 30.3. The van der Waals surface area contributed by atoms with Crippen LogP contribution in [0.25, 0.3) is 0 Å². The van der Waals surface area contributed by atoms with E-state index in [9.17, 15) is 43.5 Å². The van der Waals surface area contributed by atoms with Gasteiger partial charge in [0.05, 0.1) is 42.8 Å². The molecule has 0 radical (unpaired) electrons. The van der Waals surface area contributed by atoms with Crippen molar-refractivity contribution in [2.75, 3.05) is 48.7 Å². The van der Waals surface area contributed by atoms with Crippen LogP contribution in [0.1, 0.15) is 98.5 Å². The van der Waals surface area contributed by atoms with Gasteiger partial charge in [0.25, 0.3) is 0 Å². The molecular formula is C57H76BrClF2N8O15. The first-order chi connectivity index (χ1) is 39.5. The lowest BCUT2D eigenvalue weighted by Crippen LogP contribution is -2.63. The Bertz CT molecular complexity index is 2860. The van der Waals surface area contributed by atoms with Gasteiger partial charge < -0.3 is 65.4 Å². The maximum absolute atomic E-state index is 16.0. The van der Waals surface area contributed by atoms with Crippen LogP contribution in [0.5, 0.6) is 5.75 Å². The highest BCUT2D eigenvalue weighted by atomic mass is 79.9. The SMILES string of the molecule is C=C(CBr)C(=O)OC(C)CCCCC(=O)N[C@H](C(=O)N[C@@H](CCCNC(N)=O)C(=O)Nc1cc(F)c(NC(=O)O[C@H]2CC(=O)N(C)c3cc(cc(OC)c3Cl)C/C(C)=C/C=C/[C@@H](OC)[C@@]3(O)C[C@H](OC(=O)N3)[C@@H](C)[C@@H]3O[C@@]23C)cc1F)C(C)C. The number of fused-ring (bicyclic) bond motifs is 5. The monoisotopic (exact) mass is 1260 g/mol. The summed E-state index contributed by atoms with van der Waals surface area (Å²) >= 11 is 9.94. The summed E-state index contributed by atoms with van der Waals surface area (Å²) < 4.78 is 66.3. The van der Waals surface area contributed by atoms with Gasteiger partial charge in [-0.05, 0) is 82.9 Å². The predicted octanol–water partition coefficient (Wildman–Crippen LogP) is 7.11. The van der Waals surface area contributed by atoms with Gasteiger partial charge in [0.2, 0.25) is 23.6 Å². The summed E-state index contributed by atoms with van der Waals surface area (Å²) in [6.07, 6.45) is -1.25. The number of anilines is 3. The molecule has 8 amide bonds. The van der Waals surface area contributed by atoms with E-state index in [-0.39, 0.29) is 59.6 Å². The number of alkyl halides is 1. The number of esters is 1. The van der Waals surface area contributed by atoms with Gasteiger partial charge in [0, 0.05) is 62.5 Å². The fourth-order valence-electron chi connectivity index (χ4n) is 9.76. The van der Waals surface area contributed by atoms with E-state index in [2.05, 4.69) is 54.4 Å². The Hall–Kier alpha value is -6.87. The van der Waals surface area contributed by atoms with E-state index in [1.54, 1.807) is 65.0 Å². The number of urea groups is 1. The van der Waals surface area contributed by atoms with E-state index in [0.29, 0.717) is 43.4 Å². The van der Waals surface area contributed by atoms with Gasteiger partial charge in [-0.3, -0.25) is 29.8 Å². The molecule has 0 aliphatic carbocycles. The van der Waals surface area contributed by atoms with Gasteiger partial charge >= 0.3 is 24.2 Å². The van der Waals surface area contributed by atoms with Crippen molar-refractivity contribution >= 4 is 92.4 Å². The largest absolute Gasteiger partial charge is 0.495 e. The number of amides is 8. The minimum atomic E-state index is -1.97. The number of methoxy groups -OCH3 is 2. The van der Waals surface area contributed by atoms with Crippen molar-refractivity contribution in [2.45, 2.75) is 153 Å². The van der Waals surface area contributed by atoms with Crippen LogP contribution < -0.4 is 47.3 Å². The number of aliphatic hydroxyl groups is 1. The summed E-state index contributed by atoms with van der Waals surface area (Å²) in [4.78, 5) is 107. The number of allylic oxidation sites excluding steroid dienone is 3. The summed E-state index contributed by atoms with van der Waals surface area (Å²) in [5.74, 6) is -6.90. The lowest BCUT2D eigenvalue weighted by Gasteiger charge is -2.42. The topological polar surface area (TPSA) is 317 Å². The summed E-state index contributed by atoms with van der Waals surface area (Å²) in [6.45, 7) is 13.7. The molecule has 10 atom stereocenters. The van der Waals surface area contributed by atoms with Crippen molar-refractivity contribution in [3.8, 4) is 5.75 Å². The number of primary amides is 1. The number of rotatable bonds is 22. The number of benzene rings is 2. The number of epoxide rings is 1. The smallest absolute Gasteiger partial charge is 0.412 e. The van der Waals surface area contributed by atoms with Crippen LogP contribution >= 0.6 is 27.5 Å². The number of alkyl carbamates (subject to hydrolysis) is 1. The van der Waals surface area contributed by atoms with Crippen molar-refractivity contribution in [3.63, 3.8) is 0 Å². The van der Waals surface area contributed by atoms with Crippen LogP contribution in [-0.4, -0.2) is 140 Å². The molecule has 1 unspecified atom stereocenters. The minimum Gasteiger partial charge on any atom is -0.495 e. The number of nitrogens with two attached hydrogens (primary N) is 1. The molecular weight excluding hydrogens is 1190 g/mol. The van der Waals surface area contributed by atoms with Crippen LogP contribution in [0.2, 0.25) is 5.02 Å². The third-order valence-electron chi connectivity index (χ3n) is 14.6. The molecule has 4 bridgehead atoms. The number of unbranched alkanes of at least 4 members (excludes halogenated alkanes) is 1. The average molecular weight is 1270 g/mol. The quantitative estimate of drug-likeness (QED) is 0.0145. The van der Waals surface area contributed by atoms with Gasteiger partial charge in [-0.2, -0.15) is 0 Å². The highest BCUT2D eigenvalue weighted by Gasteiger charge is 2.64. The highest BCUT2D eigenvalue weighted by molar-refractivity contribution is 9.09. The Balaban J connectivity index is 1.35. The molecule has 3 heterocycles. The standard InChI is InChI=1S/C57H76BrClF2N8O15/c1-29(2)48(67-45(70)19-12-11-16-32(5)81-52(74)31(4)28-58)51(73)64-37(17-14-20-63-53(62)75)50(72)65-38-24-36(61)39(25-35(38)60)66-54(76)83-44-26-46(71)69(8)40-22-34(23-41(79-9)47(40)59)21-30(3)15-13-18-43(80-10)57(78)27-42(82-55(77)68-57)33(6)49-56(44,7)84-49/h13,15,18,22-25,29,32-33,37,42-44,48-49,78H,4,11-12,14,16-17,19-21,26-28H2,1-3,5-10H3,(H,64,73)(H,65,72)(H,66,76)(H,67,70)(H,68,77)(H3,62,63,75)/b18-13+,30-15+/t32?,33-,37+,42+,43-,44+,48+,49+,56+,57+/m1/s1. The van der Waals surface area contributed by atoms with Crippen LogP contribution in [0, 0.1) is 23.5 Å². The van der Waals surface area contributed by atoms with Gasteiger partial charge in [0.15, 0.2) is 5.72 Å². The number of ether oxygens (including phenoxy) is 6. The van der Waals surface area contributed by atoms with E-state index >= 15 is 8.78 Å². The van der Waals surface area contributed by atoms with Gasteiger partial charge in [-0.25, -0.2) is 28.0 Å². The van der Waals surface area contributed by atoms with Crippen LogP contribution in [0.15, 0.2) is 60.2 Å². The van der Waals surface area contributed by atoms with Crippen molar-refractivity contribution in [1.82, 2.24) is 21.3 Å². The fraction of sp³-hybridized carbons (Fsp3) is 0.544. The highest BCUT2D eigenvalue weighted by Crippen LogP contribution is 2.49. The Morgan fingerprint density at radius 3 is 2.31 bits per heavy atom. The van der Waals surface area contributed by atoms with Gasteiger partial charge in [0.1, 0.15) is 58.4 Å². The zero-order valence-corrected chi connectivity index (χ0v) is 50.8. The molecule has 2 saturated heterocycles. The molecule has 2 aromatic carbocycles. The molecule has 27 heteroatoms. The van der Waals surface area contributed by atoms with E-state index in [4.69, 9.17) is 45.8 Å². The number of carbonyl (C=O) groups excluding carboxylic acids is 8. The van der Waals surface area contributed by atoms with Crippen molar-refractivity contribution in [1.29, 1.82) is 0 Å². The molecule has 3 aliphatic heterocycles. The van der Waals surface area contributed by atoms with Gasteiger partial charge in [-0.15, -0.1) is 0 Å². The number of halogens is 4. The predicted molar refractivity (Wildman–Crippen MR) is 310 cm³/mol. The maximum atomic E-state index is 16.0. The van der Waals surface area contributed by atoms with Crippen molar-refractivity contribution in [2.24, 2.45) is 17.6 Å². The second-order valence-corrected chi connectivity index (χ2v) is 22.5. The first kappa shape index (κ1) is 67.9. The summed E-state index contributed by atoms with van der Waals surface area (Å²) in [6, 6.07) is 1.10. The average Bonchev–Trinajstić information content (AvgIpc) is 1.88. The molecule has 0 aromatic heterocycles. The van der Waals surface area contributed by atoms with E-state index < -0.39 is 143 Å². The van der Waals surface area contributed by atoms with Crippen LogP contribution in [0.4, 0.5) is 40.2 Å². The summed E-state index contributed by atoms with van der Waals surface area (Å²) in [5, 5.41) is 26.7. The van der Waals surface area contributed by atoms with E-state index in [1.807, 2.05) is 6.92 Å². The molecule has 3 aliphatic rings. The molecule has 84 heavy (non-hydrogen) atoms. The number of carbonyl (C=O) groups is 8. The third-order valence-corrected chi connectivity index (χ3v) is 15.7. The zero-order valence-electron chi connectivity index (χ0n) is 48.4. The summed E-state index contributed by atoms with van der Waals surface area (Å²) in [5.41, 5.74) is 2.31. The molecule has 0 spiro atoms. The lowest BCUT2D eigenvalue weighted by molar-refractivity contribution is -0.144. The molecule has 9 N–H and O–H groups in total. The number of hydrogen-bond donors (Lipinski definition) is 8.